The number of halogens is 3. The molecule has 0 bridgehead atoms. The van der Waals surface area contributed by atoms with E-state index in [1.165, 1.54) is 6.92 Å². The van der Waals surface area contributed by atoms with Crippen LogP contribution in [-0.2, 0) is 20.5 Å². The summed E-state index contributed by atoms with van der Waals surface area (Å²) in [6, 6.07) is 1.78. The van der Waals surface area contributed by atoms with E-state index in [1.54, 1.807) is 0 Å². The molecule has 0 atom stereocenters. The molecule has 19 heavy (non-hydrogen) atoms. The predicted octanol–water partition coefficient (Wildman–Crippen LogP) is 1.96. The van der Waals surface area contributed by atoms with Crippen molar-refractivity contribution in [3.8, 4) is 5.88 Å². The molecule has 0 radical (unpaired) electrons. The molecular formula is C11H10F3NO4. The Bertz CT molecular complexity index is 473. The van der Waals surface area contributed by atoms with Crippen LogP contribution >= 0.6 is 0 Å². The number of carbonyl (C=O) groups is 2. The number of rotatable bonds is 4. The minimum atomic E-state index is -4.70. The van der Waals surface area contributed by atoms with Gasteiger partial charge >= 0.3 is 18.1 Å². The molecule has 8 heteroatoms. The van der Waals surface area contributed by atoms with Gasteiger partial charge in [-0.3, -0.25) is 9.59 Å². The molecule has 0 spiro atoms. The van der Waals surface area contributed by atoms with Crippen LogP contribution in [0.3, 0.4) is 0 Å². The van der Waals surface area contributed by atoms with E-state index >= 15 is 0 Å². The summed E-state index contributed by atoms with van der Waals surface area (Å²) in [6.45, 7) is 1.59. The van der Waals surface area contributed by atoms with Crippen LogP contribution in [0.1, 0.15) is 18.9 Å². The first-order chi connectivity index (χ1) is 8.84. The lowest BCUT2D eigenvalue weighted by molar-refractivity contribution is -0.150. The van der Waals surface area contributed by atoms with E-state index in [-0.39, 0.29) is 6.61 Å². The first-order valence-electron chi connectivity index (χ1n) is 5.23. The van der Waals surface area contributed by atoms with E-state index < -0.39 is 36.0 Å². The Morgan fingerprint density at radius 1 is 1.32 bits per heavy atom. The maximum Gasteiger partial charge on any atom is 0.421 e. The largest absolute Gasteiger partial charge is 0.466 e. The van der Waals surface area contributed by atoms with E-state index in [0.717, 1.165) is 18.3 Å². The number of ether oxygens (including phenoxy) is 2. The zero-order chi connectivity index (χ0) is 14.5. The van der Waals surface area contributed by atoms with E-state index in [4.69, 9.17) is 0 Å². The quantitative estimate of drug-likeness (QED) is 0.621. The number of pyridine rings is 1. The molecule has 0 fully saturated rings. The van der Waals surface area contributed by atoms with Crippen molar-refractivity contribution < 1.29 is 32.2 Å². The van der Waals surface area contributed by atoms with Crippen LogP contribution in [0.15, 0.2) is 18.3 Å². The van der Waals surface area contributed by atoms with Crippen LogP contribution < -0.4 is 4.74 Å². The van der Waals surface area contributed by atoms with Crippen molar-refractivity contribution in [2.75, 3.05) is 6.61 Å². The number of nitrogens with zero attached hydrogens (tertiary/aromatic N) is 1. The normalized spacial score (nSPS) is 10.9. The summed E-state index contributed by atoms with van der Waals surface area (Å²) >= 11 is 0. The Kier molecular flexibility index (Phi) is 4.85. The van der Waals surface area contributed by atoms with Gasteiger partial charge in [-0.25, -0.2) is 4.98 Å². The monoisotopic (exact) mass is 277 g/mol. The second-order valence-corrected chi connectivity index (χ2v) is 3.31. The van der Waals surface area contributed by atoms with Gasteiger partial charge in [0.25, 0.3) is 0 Å². The zero-order valence-corrected chi connectivity index (χ0v) is 9.86. The molecule has 1 aromatic rings. The van der Waals surface area contributed by atoms with Gasteiger partial charge in [-0.1, -0.05) is 0 Å². The van der Waals surface area contributed by atoms with E-state index in [1.807, 2.05) is 0 Å². The van der Waals surface area contributed by atoms with Crippen molar-refractivity contribution in [3.63, 3.8) is 0 Å². The van der Waals surface area contributed by atoms with E-state index in [9.17, 15) is 22.8 Å². The first kappa shape index (κ1) is 14.9. The van der Waals surface area contributed by atoms with E-state index in [2.05, 4.69) is 14.5 Å². The molecule has 0 aliphatic carbocycles. The Balaban J connectivity index is 2.77. The number of carbonyl (C=O) groups excluding carboxylic acids is 2. The van der Waals surface area contributed by atoms with Crippen molar-refractivity contribution in [1.82, 2.24) is 4.98 Å². The molecular weight excluding hydrogens is 267 g/mol. The summed E-state index contributed by atoms with van der Waals surface area (Å²) in [5, 5.41) is 0. The second kappa shape index (κ2) is 6.17. The Morgan fingerprint density at radius 3 is 2.58 bits per heavy atom. The highest BCUT2D eigenvalue weighted by Gasteiger charge is 2.35. The molecule has 0 aliphatic heterocycles. The van der Waals surface area contributed by atoms with Crippen LogP contribution in [0.5, 0.6) is 5.88 Å². The van der Waals surface area contributed by atoms with Gasteiger partial charge < -0.3 is 9.47 Å². The fourth-order valence-corrected chi connectivity index (χ4v) is 1.16. The molecule has 1 rings (SSSR count). The lowest BCUT2D eigenvalue weighted by atomic mass is 10.2. The van der Waals surface area contributed by atoms with Gasteiger partial charge in [-0.2, -0.15) is 13.2 Å². The summed E-state index contributed by atoms with van der Waals surface area (Å²) in [6.07, 6.45) is -4.43. The SMILES string of the molecule is CCOC(=O)CC(=O)Oc1ncccc1C(F)(F)F. The average Bonchev–Trinajstić information content (AvgIpc) is 2.28. The van der Waals surface area contributed by atoms with Crippen LogP contribution in [0.2, 0.25) is 0 Å². The minimum absolute atomic E-state index is 0.0590. The highest BCUT2D eigenvalue weighted by atomic mass is 19.4. The highest BCUT2D eigenvalue weighted by Crippen LogP contribution is 2.34. The van der Waals surface area contributed by atoms with Crippen molar-refractivity contribution >= 4 is 11.9 Å². The predicted molar refractivity (Wildman–Crippen MR) is 56.1 cm³/mol. The van der Waals surface area contributed by atoms with Crippen LogP contribution in [-0.4, -0.2) is 23.5 Å². The summed E-state index contributed by atoms with van der Waals surface area (Å²) in [4.78, 5) is 25.5. The van der Waals surface area contributed by atoms with Gasteiger partial charge in [0.1, 0.15) is 12.0 Å². The summed E-state index contributed by atoms with van der Waals surface area (Å²) in [5.41, 5.74) is -1.19. The van der Waals surface area contributed by atoms with Gasteiger partial charge in [0, 0.05) is 6.20 Å². The first-order valence-corrected chi connectivity index (χ1v) is 5.23. The third-order valence-corrected chi connectivity index (χ3v) is 1.88. The lowest BCUT2D eigenvalue weighted by Crippen LogP contribution is -2.18. The number of esters is 2. The number of hydrogen-bond acceptors (Lipinski definition) is 5. The van der Waals surface area contributed by atoms with Crippen molar-refractivity contribution in [2.24, 2.45) is 0 Å². The Labute approximate surface area is 106 Å². The second-order valence-electron chi connectivity index (χ2n) is 3.31. The maximum absolute atomic E-state index is 12.6. The molecule has 0 N–H and O–H groups in total. The van der Waals surface area contributed by atoms with Crippen molar-refractivity contribution in [1.29, 1.82) is 0 Å². The fourth-order valence-electron chi connectivity index (χ4n) is 1.16. The van der Waals surface area contributed by atoms with Crippen molar-refractivity contribution in [2.45, 2.75) is 19.5 Å². The smallest absolute Gasteiger partial charge is 0.421 e. The molecule has 104 valence electrons. The van der Waals surface area contributed by atoms with Gasteiger partial charge in [-0.05, 0) is 19.1 Å². The van der Waals surface area contributed by atoms with Crippen LogP contribution in [0.4, 0.5) is 13.2 Å². The van der Waals surface area contributed by atoms with Gasteiger partial charge in [-0.15, -0.1) is 0 Å². The summed E-state index contributed by atoms with van der Waals surface area (Å²) in [5.74, 6) is -2.93. The third kappa shape index (κ3) is 4.57. The van der Waals surface area contributed by atoms with Gasteiger partial charge in [0.15, 0.2) is 0 Å². The highest BCUT2D eigenvalue weighted by molar-refractivity contribution is 5.92. The number of hydrogen-bond donors (Lipinski definition) is 0. The number of alkyl halides is 3. The van der Waals surface area contributed by atoms with Gasteiger partial charge in [0.2, 0.25) is 5.88 Å². The zero-order valence-electron chi connectivity index (χ0n) is 9.86. The molecule has 0 aliphatic rings. The summed E-state index contributed by atoms with van der Waals surface area (Å²) < 4.78 is 46.6. The maximum atomic E-state index is 12.6. The van der Waals surface area contributed by atoms with Crippen molar-refractivity contribution in [3.05, 3.63) is 23.9 Å². The molecule has 0 saturated carbocycles. The molecule has 1 aromatic heterocycles. The molecule has 5 nitrogen and oxygen atoms in total. The summed E-state index contributed by atoms with van der Waals surface area (Å²) in [7, 11) is 0. The molecule has 0 amide bonds. The lowest BCUT2D eigenvalue weighted by Gasteiger charge is -2.10. The van der Waals surface area contributed by atoms with E-state index in [0.29, 0.717) is 0 Å². The Hall–Kier alpha value is -2.12. The van der Waals surface area contributed by atoms with Gasteiger partial charge in [0.05, 0.1) is 6.61 Å². The molecule has 1 heterocycles. The Morgan fingerprint density at radius 2 is 2.00 bits per heavy atom. The standard InChI is InChI=1S/C11H10F3NO4/c1-2-18-8(16)6-9(17)19-10-7(11(12,13)14)4-3-5-15-10/h3-5H,2,6H2,1H3. The minimum Gasteiger partial charge on any atom is -0.466 e. The van der Waals surface area contributed by atoms with Crippen LogP contribution in [0, 0.1) is 0 Å². The topological polar surface area (TPSA) is 65.5 Å². The van der Waals surface area contributed by atoms with Crippen LogP contribution in [0.25, 0.3) is 0 Å². The third-order valence-electron chi connectivity index (χ3n) is 1.88. The fraction of sp³-hybridized carbons (Fsp3) is 0.364. The average molecular weight is 277 g/mol. The molecule has 0 aromatic carbocycles. The number of aromatic nitrogens is 1. The molecule has 0 saturated heterocycles. The molecule has 0 unspecified atom stereocenters.